The summed E-state index contributed by atoms with van der Waals surface area (Å²) in [6.45, 7) is 4.51. The fraction of sp³-hybridized carbons (Fsp3) is 0.636. The summed E-state index contributed by atoms with van der Waals surface area (Å²) in [6.07, 6.45) is 3.89. The minimum atomic E-state index is 0.644. The van der Waals surface area contributed by atoms with Crippen LogP contribution < -0.4 is 10.6 Å². The van der Waals surface area contributed by atoms with Gasteiger partial charge < -0.3 is 10.6 Å². The van der Waals surface area contributed by atoms with Gasteiger partial charge in [0.25, 0.3) is 0 Å². The van der Waals surface area contributed by atoms with Gasteiger partial charge in [-0.2, -0.15) is 16.9 Å². The van der Waals surface area contributed by atoms with Crippen molar-refractivity contribution in [1.82, 2.24) is 20.4 Å². The van der Waals surface area contributed by atoms with Crippen molar-refractivity contribution in [2.75, 3.05) is 25.1 Å². The normalized spacial score (nSPS) is 11.6. The van der Waals surface area contributed by atoms with Crippen molar-refractivity contribution in [3.8, 4) is 0 Å². The van der Waals surface area contributed by atoms with E-state index >= 15 is 0 Å². The summed E-state index contributed by atoms with van der Waals surface area (Å²) in [6, 6.07) is 1.98. The Bertz CT molecular complexity index is 347. The molecule has 0 atom stereocenters. The van der Waals surface area contributed by atoms with Gasteiger partial charge in [0.15, 0.2) is 5.96 Å². The van der Waals surface area contributed by atoms with E-state index in [-0.39, 0.29) is 0 Å². The number of guanidine groups is 1. The van der Waals surface area contributed by atoms with E-state index in [1.54, 1.807) is 6.20 Å². The Morgan fingerprint density at radius 1 is 1.53 bits per heavy atom. The van der Waals surface area contributed by atoms with Gasteiger partial charge in [0.05, 0.1) is 12.2 Å². The highest BCUT2D eigenvalue weighted by atomic mass is 32.2. The van der Waals surface area contributed by atoms with Crippen LogP contribution in [0.25, 0.3) is 0 Å². The lowest BCUT2D eigenvalue weighted by atomic mass is 10.4. The average molecular weight is 255 g/mol. The van der Waals surface area contributed by atoms with E-state index in [1.165, 1.54) is 0 Å². The molecular weight excluding hydrogens is 234 g/mol. The quantitative estimate of drug-likeness (QED) is 0.449. The van der Waals surface area contributed by atoms with E-state index < -0.39 is 0 Å². The number of hydrogen-bond donors (Lipinski definition) is 2. The maximum Gasteiger partial charge on any atom is 0.191 e. The molecule has 0 saturated carbocycles. The second-order valence-corrected chi connectivity index (χ2v) is 4.55. The summed E-state index contributed by atoms with van der Waals surface area (Å²) in [5.74, 6) is 1.94. The monoisotopic (exact) mass is 255 g/mol. The summed E-state index contributed by atoms with van der Waals surface area (Å²) >= 11 is 1.82. The fourth-order valence-corrected chi connectivity index (χ4v) is 1.64. The van der Waals surface area contributed by atoms with Crippen LogP contribution in [0.4, 0.5) is 0 Å². The zero-order valence-corrected chi connectivity index (χ0v) is 11.5. The SMILES string of the molecule is CCNC(=NCc1ccnn1C)NCCSC. The Hall–Kier alpha value is -1.17. The zero-order chi connectivity index (χ0) is 12.5. The van der Waals surface area contributed by atoms with Crippen LogP contribution in [0.5, 0.6) is 0 Å². The molecule has 96 valence electrons. The Labute approximate surface area is 107 Å². The predicted octanol–water partition coefficient (Wildman–Crippen LogP) is 0.838. The molecule has 0 radical (unpaired) electrons. The highest BCUT2D eigenvalue weighted by Gasteiger charge is 1.99. The van der Waals surface area contributed by atoms with E-state index in [2.05, 4.69) is 33.9 Å². The molecule has 0 fully saturated rings. The maximum absolute atomic E-state index is 4.51. The molecule has 17 heavy (non-hydrogen) atoms. The van der Waals surface area contributed by atoms with E-state index in [0.717, 1.165) is 30.5 Å². The lowest BCUT2D eigenvalue weighted by Gasteiger charge is -2.10. The fourth-order valence-electron chi connectivity index (χ4n) is 1.33. The van der Waals surface area contributed by atoms with E-state index in [9.17, 15) is 0 Å². The van der Waals surface area contributed by atoms with Crippen LogP contribution in [0.3, 0.4) is 0 Å². The summed E-state index contributed by atoms with van der Waals surface area (Å²) < 4.78 is 1.84. The Kier molecular flexibility index (Phi) is 6.54. The highest BCUT2D eigenvalue weighted by molar-refractivity contribution is 7.98. The van der Waals surface area contributed by atoms with Gasteiger partial charge in [-0.15, -0.1) is 0 Å². The van der Waals surface area contributed by atoms with Crippen molar-refractivity contribution in [3.63, 3.8) is 0 Å². The van der Waals surface area contributed by atoms with Crippen molar-refractivity contribution >= 4 is 17.7 Å². The minimum absolute atomic E-state index is 0.644. The molecule has 6 heteroatoms. The summed E-state index contributed by atoms with van der Waals surface area (Å²) in [7, 11) is 1.93. The van der Waals surface area contributed by atoms with Crippen molar-refractivity contribution in [1.29, 1.82) is 0 Å². The number of aromatic nitrogens is 2. The largest absolute Gasteiger partial charge is 0.357 e. The lowest BCUT2D eigenvalue weighted by Crippen LogP contribution is -2.38. The van der Waals surface area contributed by atoms with Crippen LogP contribution in [-0.4, -0.2) is 40.8 Å². The number of aryl methyl sites for hydroxylation is 1. The number of hydrogen-bond acceptors (Lipinski definition) is 3. The van der Waals surface area contributed by atoms with E-state index in [4.69, 9.17) is 0 Å². The minimum Gasteiger partial charge on any atom is -0.357 e. The molecule has 0 bridgehead atoms. The molecule has 0 aromatic carbocycles. The van der Waals surface area contributed by atoms with Gasteiger partial charge in [-0.1, -0.05) is 0 Å². The van der Waals surface area contributed by atoms with Gasteiger partial charge in [0.1, 0.15) is 0 Å². The first-order valence-corrected chi connectivity index (χ1v) is 7.15. The second kappa shape index (κ2) is 8.00. The second-order valence-electron chi connectivity index (χ2n) is 3.56. The molecule has 0 unspecified atom stereocenters. The third-order valence-electron chi connectivity index (χ3n) is 2.26. The van der Waals surface area contributed by atoms with Crippen molar-refractivity contribution in [2.24, 2.45) is 12.0 Å². The van der Waals surface area contributed by atoms with Crippen molar-refractivity contribution in [2.45, 2.75) is 13.5 Å². The molecule has 1 aromatic heterocycles. The molecule has 5 nitrogen and oxygen atoms in total. The molecule has 0 spiro atoms. The number of aliphatic imine (C=N–C) groups is 1. The van der Waals surface area contributed by atoms with E-state index in [0.29, 0.717) is 6.54 Å². The number of nitrogens with zero attached hydrogens (tertiary/aromatic N) is 3. The van der Waals surface area contributed by atoms with Gasteiger partial charge in [0.2, 0.25) is 0 Å². The first kappa shape index (κ1) is 13.9. The van der Waals surface area contributed by atoms with Crippen LogP contribution in [0, 0.1) is 0 Å². The highest BCUT2D eigenvalue weighted by Crippen LogP contribution is 1.98. The summed E-state index contributed by atoms with van der Waals surface area (Å²) in [4.78, 5) is 4.51. The predicted molar refractivity (Wildman–Crippen MR) is 74.4 cm³/mol. The first-order valence-electron chi connectivity index (χ1n) is 5.76. The lowest BCUT2D eigenvalue weighted by molar-refractivity contribution is 0.708. The van der Waals surface area contributed by atoms with Crippen LogP contribution in [0.2, 0.25) is 0 Å². The Balaban J connectivity index is 2.48. The standard InChI is InChI=1S/C11H21N5S/c1-4-12-11(13-7-8-17-3)14-9-10-5-6-15-16(10)2/h5-6H,4,7-9H2,1-3H3,(H2,12,13,14). The van der Waals surface area contributed by atoms with Gasteiger partial charge >= 0.3 is 0 Å². The zero-order valence-electron chi connectivity index (χ0n) is 10.7. The van der Waals surface area contributed by atoms with Crippen LogP contribution in [0.15, 0.2) is 17.3 Å². The molecular formula is C11H21N5S. The van der Waals surface area contributed by atoms with E-state index in [1.807, 2.05) is 29.6 Å². The Morgan fingerprint density at radius 3 is 2.94 bits per heavy atom. The molecule has 0 aliphatic heterocycles. The van der Waals surface area contributed by atoms with Crippen LogP contribution in [-0.2, 0) is 13.6 Å². The number of nitrogens with one attached hydrogen (secondary N) is 2. The van der Waals surface area contributed by atoms with Crippen LogP contribution >= 0.6 is 11.8 Å². The molecule has 0 saturated heterocycles. The van der Waals surface area contributed by atoms with Gasteiger partial charge in [-0.05, 0) is 19.2 Å². The first-order chi connectivity index (χ1) is 8.27. The molecule has 1 heterocycles. The topological polar surface area (TPSA) is 54.2 Å². The summed E-state index contributed by atoms with van der Waals surface area (Å²) in [5.41, 5.74) is 1.10. The Morgan fingerprint density at radius 2 is 2.35 bits per heavy atom. The molecule has 0 aliphatic rings. The molecule has 2 N–H and O–H groups in total. The third-order valence-corrected chi connectivity index (χ3v) is 2.88. The number of rotatable bonds is 6. The number of thioether (sulfide) groups is 1. The average Bonchev–Trinajstić information content (AvgIpc) is 2.72. The maximum atomic E-state index is 4.51. The van der Waals surface area contributed by atoms with Crippen molar-refractivity contribution < 1.29 is 0 Å². The molecule has 0 aliphatic carbocycles. The molecule has 1 aromatic rings. The van der Waals surface area contributed by atoms with Gasteiger partial charge in [0, 0.05) is 32.1 Å². The molecule has 0 amide bonds. The third kappa shape index (κ3) is 5.12. The summed E-state index contributed by atoms with van der Waals surface area (Å²) in [5, 5.41) is 10.6. The smallest absolute Gasteiger partial charge is 0.191 e. The molecule has 1 rings (SSSR count). The van der Waals surface area contributed by atoms with Gasteiger partial charge in [-0.3, -0.25) is 4.68 Å². The van der Waals surface area contributed by atoms with Crippen LogP contribution in [0.1, 0.15) is 12.6 Å². The van der Waals surface area contributed by atoms with Crippen molar-refractivity contribution in [3.05, 3.63) is 18.0 Å². The van der Waals surface area contributed by atoms with Gasteiger partial charge in [-0.25, -0.2) is 4.99 Å².